The molecule has 0 radical (unpaired) electrons. The summed E-state index contributed by atoms with van der Waals surface area (Å²) in [5.74, 6) is -2.29. The molecule has 3 aromatic carbocycles. The Bertz CT molecular complexity index is 1520. The van der Waals surface area contributed by atoms with Gasteiger partial charge in [-0.1, -0.05) is 15.9 Å². The third-order valence-corrected chi connectivity index (χ3v) is 6.45. The number of aromatic carboxylic acids is 1. The van der Waals surface area contributed by atoms with E-state index in [0.717, 1.165) is 16.2 Å². The highest BCUT2D eigenvalue weighted by atomic mass is 79.9. The van der Waals surface area contributed by atoms with Gasteiger partial charge in [-0.15, -0.1) is 0 Å². The number of hydrogen-bond acceptors (Lipinski definition) is 3. The molecule has 9 heteroatoms. The Balaban J connectivity index is 1.82. The summed E-state index contributed by atoms with van der Waals surface area (Å²) in [6.45, 7) is 3.15. The number of amides is 1. The van der Waals surface area contributed by atoms with Crippen molar-refractivity contribution < 1.29 is 28.2 Å². The predicted molar refractivity (Wildman–Crippen MR) is 140 cm³/mol. The number of rotatable bonds is 7. The van der Waals surface area contributed by atoms with Crippen LogP contribution in [0.4, 0.5) is 14.5 Å². The minimum absolute atomic E-state index is 0.0251. The number of halogens is 3. The number of carbonyl (C=O) groups is 2. The van der Waals surface area contributed by atoms with Crippen LogP contribution in [0.2, 0.25) is 0 Å². The molecule has 0 saturated heterocycles. The summed E-state index contributed by atoms with van der Waals surface area (Å²) < 4.78 is 36.1. The lowest BCUT2D eigenvalue weighted by Crippen LogP contribution is -2.23. The monoisotopic (exact) mass is 568 g/mol. The summed E-state index contributed by atoms with van der Waals surface area (Å²) >= 11 is 3.49. The predicted octanol–water partition coefficient (Wildman–Crippen LogP) is 6.75. The van der Waals surface area contributed by atoms with Gasteiger partial charge in [0.15, 0.2) is 0 Å². The molecule has 37 heavy (non-hydrogen) atoms. The smallest absolute Gasteiger partial charge is 0.335 e. The molecule has 0 spiro atoms. The van der Waals surface area contributed by atoms with Crippen molar-refractivity contribution >= 4 is 33.5 Å². The molecule has 0 aliphatic carbocycles. The number of aryl methyl sites for hydroxylation is 1. The largest absolute Gasteiger partial charge is 0.488 e. The summed E-state index contributed by atoms with van der Waals surface area (Å²) in [6, 6.07) is 17.1. The first-order valence-electron chi connectivity index (χ1n) is 11.2. The fourth-order valence-electron chi connectivity index (χ4n) is 3.94. The summed E-state index contributed by atoms with van der Waals surface area (Å²) in [5.41, 5.74) is 3.35. The van der Waals surface area contributed by atoms with Gasteiger partial charge in [-0.25, -0.2) is 13.6 Å². The standard InChI is InChI=1S/C28H23BrF2N2O4/c1-16-4-8-26(33(16)23-11-19(28(35)36)10-22(14-23)32(3)17(2)34)24-12-20(29)6-9-27(24)37-15-18-5-7-21(30)13-25(18)31/h4-14H,15H2,1-3H3,(H,35,36). The van der Waals surface area contributed by atoms with E-state index >= 15 is 0 Å². The second kappa shape index (κ2) is 10.6. The van der Waals surface area contributed by atoms with Crippen molar-refractivity contribution in [3.8, 4) is 22.7 Å². The van der Waals surface area contributed by atoms with Gasteiger partial charge in [-0.3, -0.25) is 4.79 Å². The van der Waals surface area contributed by atoms with E-state index in [1.165, 1.54) is 36.1 Å². The Hall–Kier alpha value is -3.98. The van der Waals surface area contributed by atoms with Crippen molar-refractivity contribution in [1.82, 2.24) is 4.57 Å². The number of anilines is 1. The number of nitrogens with zero attached hydrogens (tertiary/aromatic N) is 2. The van der Waals surface area contributed by atoms with Crippen molar-refractivity contribution in [2.45, 2.75) is 20.5 Å². The SMILES string of the molecule is CC(=O)N(C)c1cc(C(=O)O)cc(-n2c(C)ccc2-c2cc(Br)ccc2OCc2ccc(F)cc2F)c1. The van der Waals surface area contributed by atoms with E-state index in [-0.39, 0.29) is 23.6 Å². The van der Waals surface area contributed by atoms with E-state index in [2.05, 4.69) is 15.9 Å². The van der Waals surface area contributed by atoms with E-state index in [9.17, 15) is 23.5 Å². The molecule has 190 valence electrons. The zero-order valence-corrected chi connectivity index (χ0v) is 21.8. The molecule has 1 N–H and O–H groups in total. The number of ether oxygens (including phenoxy) is 1. The Morgan fingerprint density at radius 3 is 2.46 bits per heavy atom. The highest BCUT2D eigenvalue weighted by Crippen LogP contribution is 2.37. The molecule has 0 atom stereocenters. The fourth-order valence-corrected chi connectivity index (χ4v) is 4.30. The summed E-state index contributed by atoms with van der Waals surface area (Å²) in [7, 11) is 1.57. The van der Waals surface area contributed by atoms with Crippen molar-refractivity contribution in [2.75, 3.05) is 11.9 Å². The molecular weight excluding hydrogens is 546 g/mol. The Labute approximate surface area is 220 Å². The molecule has 6 nitrogen and oxygen atoms in total. The van der Waals surface area contributed by atoms with E-state index in [1.54, 1.807) is 25.2 Å². The summed E-state index contributed by atoms with van der Waals surface area (Å²) in [4.78, 5) is 25.3. The Morgan fingerprint density at radius 1 is 1.03 bits per heavy atom. The van der Waals surface area contributed by atoms with Gasteiger partial charge in [0, 0.05) is 52.7 Å². The molecule has 4 rings (SSSR count). The van der Waals surface area contributed by atoms with Crippen molar-refractivity contribution in [1.29, 1.82) is 0 Å². The van der Waals surface area contributed by atoms with E-state index in [0.29, 0.717) is 28.4 Å². The molecule has 1 heterocycles. The van der Waals surface area contributed by atoms with Gasteiger partial charge in [-0.2, -0.15) is 0 Å². The lowest BCUT2D eigenvalue weighted by molar-refractivity contribution is -0.116. The van der Waals surface area contributed by atoms with Crippen molar-refractivity contribution in [3.63, 3.8) is 0 Å². The number of benzene rings is 3. The molecule has 1 aromatic heterocycles. The topological polar surface area (TPSA) is 71.8 Å². The number of carboxylic acid groups (broad SMARTS) is 1. The fraction of sp³-hybridized carbons (Fsp3) is 0.143. The quantitative estimate of drug-likeness (QED) is 0.267. The molecular formula is C28H23BrF2N2O4. The van der Waals surface area contributed by atoms with Crippen LogP contribution in [0.1, 0.15) is 28.5 Å². The van der Waals surface area contributed by atoms with Gasteiger partial charge in [0.25, 0.3) is 0 Å². The second-order valence-electron chi connectivity index (χ2n) is 8.48. The van der Waals surface area contributed by atoms with Crippen molar-refractivity contribution in [2.24, 2.45) is 0 Å². The minimum Gasteiger partial charge on any atom is -0.488 e. The van der Waals surface area contributed by atoms with Crippen LogP contribution >= 0.6 is 15.9 Å². The molecule has 0 fully saturated rings. The molecule has 0 aliphatic rings. The molecule has 0 aliphatic heterocycles. The third-order valence-electron chi connectivity index (χ3n) is 5.96. The molecule has 0 bridgehead atoms. The van der Waals surface area contributed by atoms with Gasteiger partial charge in [-0.05, 0) is 67.6 Å². The molecule has 0 unspecified atom stereocenters. The zero-order chi connectivity index (χ0) is 26.9. The maximum atomic E-state index is 14.2. The lowest BCUT2D eigenvalue weighted by Gasteiger charge is -2.20. The van der Waals surface area contributed by atoms with Crippen molar-refractivity contribution in [3.05, 3.63) is 99.7 Å². The summed E-state index contributed by atoms with van der Waals surface area (Å²) in [5, 5.41) is 9.71. The first kappa shape index (κ1) is 26.1. The van der Waals surface area contributed by atoms with E-state index in [1.807, 2.05) is 29.7 Å². The highest BCUT2D eigenvalue weighted by molar-refractivity contribution is 9.10. The van der Waals surface area contributed by atoms with Crippen LogP contribution in [-0.4, -0.2) is 28.6 Å². The average Bonchev–Trinajstić information content (AvgIpc) is 3.24. The van der Waals surface area contributed by atoms with Crippen LogP contribution in [-0.2, 0) is 11.4 Å². The van der Waals surface area contributed by atoms with Crippen LogP contribution in [0.3, 0.4) is 0 Å². The Kier molecular flexibility index (Phi) is 7.45. The maximum absolute atomic E-state index is 14.2. The van der Waals surface area contributed by atoms with Gasteiger partial charge in [0.05, 0.1) is 11.3 Å². The molecule has 4 aromatic rings. The molecule has 0 saturated carbocycles. The minimum atomic E-state index is -1.13. The van der Waals surface area contributed by atoms with Crippen LogP contribution in [0.5, 0.6) is 5.75 Å². The van der Waals surface area contributed by atoms with Gasteiger partial charge >= 0.3 is 5.97 Å². The number of hydrogen-bond donors (Lipinski definition) is 1. The van der Waals surface area contributed by atoms with E-state index in [4.69, 9.17) is 4.74 Å². The van der Waals surface area contributed by atoms with Crippen LogP contribution in [0.15, 0.2) is 71.2 Å². The van der Waals surface area contributed by atoms with Gasteiger partial charge < -0.3 is 19.3 Å². The highest BCUT2D eigenvalue weighted by Gasteiger charge is 2.19. The van der Waals surface area contributed by atoms with Crippen LogP contribution in [0, 0.1) is 18.6 Å². The summed E-state index contributed by atoms with van der Waals surface area (Å²) in [6.07, 6.45) is 0. The van der Waals surface area contributed by atoms with Crippen LogP contribution < -0.4 is 9.64 Å². The second-order valence-corrected chi connectivity index (χ2v) is 9.40. The van der Waals surface area contributed by atoms with Crippen LogP contribution in [0.25, 0.3) is 16.9 Å². The lowest BCUT2D eigenvalue weighted by atomic mass is 10.1. The average molecular weight is 569 g/mol. The van der Waals surface area contributed by atoms with Gasteiger partial charge in [0.1, 0.15) is 24.0 Å². The number of aromatic nitrogens is 1. The van der Waals surface area contributed by atoms with E-state index < -0.39 is 17.6 Å². The first-order valence-corrected chi connectivity index (χ1v) is 12.0. The molecule has 1 amide bonds. The normalized spacial score (nSPS) is 10.9. The third kappa shape index (κ3) is 5.56. The zero-order valence-electron chi connectivity index (χ0n) is 20.3. The number of carbonyl (C=O) groups excluding carboxylic acids is 1. The van der Waals surface area contributed by atoms with Gasteiger partial charge in [0.2, 0.25) is 5.91 Å². The maximum Gasteiger partial charge on any atom is 0.335 e. The number of carboxylic acids is 1. The Morgan fingerprint density at radius 2 is 1.78 bits per heavy atom. The first-order chi connectivity index (χ1) is 17.5.